The first-order valence-electron chi connectivity index (χ1n) is 5.22. The van der Waals surface area contributed by atoms with Crippen LogP contribution in [-0.4, -0.2) is 22.7 Å². The number of aromatic amines is 1. The van der Waals surface area contributed by atoms with Crippen LogP contribution in [0.5, 0.6) is 5.75 Å². The molecule has 0 atom stereocenters. The third kappa shape index (κ3) is 2.24. The molecule has 0 aliphatic heterocycles. The van der Waals surface area contributed by atoms with Crippen LogP contribution in [0.2, 0.25) is 0 Å². The van der Waals surface area contributed by atoms with Crippen molar-refractivity contribution in [2.24, 2.45) is 0 Å². The Kier molecular flexibility index (Phi) is 3.13. The third-order valence-electron chi connectivity index (χ3n) is 2.29. The number of non-ortho nitro benzene ring substituents is 1. The average Bonchev–Trinajstić information content (AvgIpc) is 2.72. The first kappa shape index (κ1) is 11.9. The Labute approximate surface area is 101 Å². The lowest BCUT2D eigenvalue weighted by molar-refractivity contribution is -0.384. The fraction of sp³-hybridized carbons (Fsp3) is 0.182. The summed E-state index contributed by atoms with van der Waals surface area (Å²) in [6, 6.07) is 4.22. The summed E-state index contributed by atoms with van der Waals surface area (Å²) in [6.07, 6.45) is 0.641. The number of carbonyl (C=O) groups excluding carboxylic acids is 1. The topological polar surface area (TPSA) is 94.5 Å². The number of H-pyrrole nitrogens is 1. The lowest BCUT2D eigenvalue weighted by atomic mass is 10.2. The number of nitro benzene ring substituents is 1. The Balaban J connectivity index is 2.31. The van der Waals surface area contributed by atoms with Gasteiger partial charge in [0.05, 0.1) is 17.0 Å². The van der Waals surface area contributed by atoms with E-state index in [9.17, 15) is 14.9 Å². The quantitative estimate of drug-likeness (QED) is 0.513. The molecule has 7 heteroatoms. The second-order valence-corrected chi connectivity index (χ2v) is 3.42. The molecule has 0 aliphatic carbocycles. The van der Waals surface area contributed by atoms with Crippen molar-refractivity contribution < 1.29 is 19.2 Å². The Bertz CT molecular complexity index is 604. The van der Waals surface area contributed by atoms with Crippen molar-refractivity contribution in [1.82, 2.24) is 4.98 Å². The monoisotopic (exact) mass is 250 g/mol. The van der Waals surface area contributed by atoms with Crippen LogP contribution in [0.15, 0.2) is 24.4 Å². The number of hydrogen-bond donors (Lipinski definition) is 1. The minimum Gasteiger partial charge on any atom is -0.434 e. The van der Waals surface area contributed by atoms with Crippen LogP contribution in [0, 0.1) is 10.1 Å². The van der Waals surface area contributed by atoms with Gasteiger partial charge in [-0.05, 0) is 13.0 Å². The van der Waals surface area contributed by atoms with E-state index in [0.717, 1.165) is 0 Å². The molecule has 2 rings (SSSR count). The summed E-state index contributed by atoms with van der Waals surface area (Å²) in [4.78, 5) is 24.1. The van der Waals surface area contributed by atoms with Gasteiger partial charge in [0.15, 0.2) is 5.75 Å². The van der Waals surface area contributed by atoms with E-state index in [-0.39, 0.29) is 18.0 Å². The van der Waals surface area contributed by atoms with E-state index >= 15 is 0 Å². The van der Waals surface area contributed by atoms with Gasteiger partial charge in [-0.15, -0.1) is 0 Å². The van der Waals surface area contributed by atoms with Crippen molar-refractivity contribution in [1.29, 1.82) is 0 Å². The van der Waals surface area contributed by atoms with Crippen LogP contribution in [0.1, 0.15) is 6.92 Å². The van der Waals surface area contributed by atoms with Crippen molar-refractivity contribution in [3.8, 4) is 5.75 Å². The van der Waals surface area contributed by atoms with Gasteiger partial charge in [0.1, 0.15) is 0 Å². The molecule has 94 valence electrons. The molecule has 1 N–H and O–H groups in total. The van der Waals surface area contributed by atoms with E-state index in [0.29, 0.717) is 10.9 Å². The number of ether oxygens (including phenoxy) is 2. The largest absolute Gasteiger partial charge is 0.513 e. The van der Waals surface area contributed by atoms with Gasteiger partial charge in [0.25, 0.3) is 5.69 Å². The molecule has 18 heavy (non-hydrogen) atoms. The third-order valence-corrected chi connectivity index (χ3v) is 2.29. The highest BCUT2D eigenvalue weighted by Crippen LogP contribution is 2.28. The Morgan fingerprint density at radius 3 is 2.94 bits per heavy atom. The minimum absolute atomic E-state index is 0.0352. The molecule has 0 saturated heterocycles. The molecule has 0 aliphatic rings. The average molecular weight is 250 g/mol. The van der Waals surface area contributed by atoms with Gasteiger partial charge in [0.2, 0.25) is 0 Å². The number of nitrogens with one attached hydrogen (secondary N) is 1. The zero-order chi connectivity index (χ0) is 13.1. The van der Waals surface area contributed by atoms with Crippen LogP contribution in [0.4, 0.5) is 10.5 Å². The minimum atomic E-state index is -0.809. The fourth-order valence-electron chi connectivity index (χ4n) is 1.52. The van der Waals surface area contributed by atoms with E-state index in [4.69, 9.17) is 4.74 Å². The molecule has 0 unspecified atom stereocenters. The summed E-state index contributed by atoms with van der Waals surface area (Å²) in [5.41, 5.74) is 0.482. The molecule has 2 aromatic rings. The predicted octanol–water partition coefficient (Wildman–Crippen LogP) is 2.61. The summed E-state index contributed by atoms with van der Waals surface area (Å²) in [6.45, 7) is 1.88. The second kappa shape index (κ2) is 4.74. The SMILES string of the molecule is CCOC(=O)Oc1c[nH]c2cc([N+](=O)[O-])ccc12. The summed E-state index contributed by atoms with van der Waals surface area (Å²) >= 11 is 0. The molecular weight excluding hydrogens is 240 g/mol. The lowest BCUT2D eigenvalue weighted by Crippen LogP contribution is -2.09. The number of benzene rings is 1. The first-order chi connectivity index (χ1) is 8.61. The van der Waals surface area contributed by atoms with Gasteiger partial charge in [0, 0.05) is 23.7 Å². The second-order valence-electron chi connectivity index (χ2n) is 3.42. The number of nitro groups is 1. The van der Waals surface area contributed by atoms with Crippen molar-refractivity contribution >= 4 is 22.7 Å². The summed E-state index contributed by atoms with van der Waals surface area (Å²) < 4.78 is 9.59. The van der Waals surface area contributed by atoms with Crippen LogP contribution in [0.25, 0.3) is 10.9 Å². The van der Waals surface area contributed by atoms with Crippen LogP contribution >= 0.6 is 0 Å². The predicted molar refractivity (Wildman–Crippen MR) is 62.6 cm³/mol. The Morgan fingerprint density at radius 1 is 1.50 bits per heavy atom. The zero-order valence-electron chi connectivity index (χ0n) is 9.50. The van der Waals surface area contributed by atoms with E-state index in [1.54, 1.807) is 6.92 Å². The maximum atomic E-state index is 11.2. The first-order valence-corrected chi connectivity index (χ1v) is 5.22. The van der Waals surface area contributed by atoms with Gasteiger partial charge in [-0.25, -0.2) is 4.79 Å². The Hall–Kier alpha value is -2.57. The molecule has 0 bridgehead atoms. The highest BCUT2D eigenvalue weighted by molar-refractivity contribution is 5.89. The number of carbonyl (C=O) groups is 1. The van der Waals surface area contributed by atoms with E-state index < -0.39 is 11.1 Å². The molecule has 0 saturated carbocycles. The van der Waals surface area contributed by atoms with Gasteiger partial charge in [-0.1, -0.05) is 0 Å². The fourth-order valence-corrected chi connectivity index (χ4v) is 1.52. The maximum absolute atomic E-state index is 11.2. The Morgan fingerprint density at radius 2 is 2.28 bits per heavy atom. The number of rotatable bonds is 3. The van der Waals surface area contributed by atoms with Crippen molar-refractivity contribution in [3.05, 3.63) is 34.5 Å². The van der Waals surface area contributed by atoms with E-state index in [1.165, 1.54) is 24.4 Å². The number of aromatic nitrogens is 1. The summed E-state index contributed by atoms with van der Waals surface area (Å²) in [7, 11) is 0. The summed E-state index contributed by atoms with van der Waals surface area (Å²) in [5, 5.41) is 11.2. The van der Waals surface area contributed by atoms with Crippen LogP contribution in [-0.2, 0) is 4.74 Å². The molecule has 1 heterocycles. The number of nitrogens with zero attached hydrogens (tertiary/aromatic N) is 1. The normalized spacial score (nSPS) is 10.3. The van der Waals surface area contributed by atoms with Crippen molar-refractivity contribution in [2.45, 2.75) is 6.92 Å². The molecule has 0 radical (unpaired) electrons. The highest BCUT2D eigenvalue weighted by Gasteiger charge is 2.13. The van der Waals surface area contributed by atoms with Crippen LogP contribution < -0.4 is 4.74 Å². The molecule has 0 amide bonds. The summed E-state index contributed by atoms with van der Waals surface area (Å²) in [5.74, 6) is 0.276. The van der Waals surface area contributed by atoms with Gasteiger partial charge in [-0.2, -0.15) is 0 Å². The number of fused-ring (bicyclic) bond motifs is 1. The number of hydrogen-bond acceptors (Lipinski definition) is 5. The van der Waals surface area contributed by atoms with Gasteiger partial charge >= 0.3 is 6.16 Å². The molecule has 0 fully saturated rings. The van der Waals surface area contributed by atoms with Gasteiger partial charge < -0.3 is 14.5 Å². The van der Waals surface area contributed by atoms with E-state index in [1.807, 2.05) is 0 Å². The van der Waals surface area contributed by atoms with E-state index in [2.05, 4.69) is 9.72 Å². The zero-order valence-corrected chi connectivity index (χ0v) is 9.50. The van der Waals surface area contributed by atoms with Gasteiger partial charge in [-0.3, -0.25) is 10.1 Å². The molecule has 7 nitrogen and oxygen atoms in total. The van der Waals surface area contributed by atoms with Crippen molar-refractivity contribution in [2.75, 3.05) is 6.61 Å². The lowest BCUT2D eigenvalue weighted by Gasteiger charge is -2.01. The standard InChI is InChI=1S/C11H10N2O5/c1-2-17-11(14)18-10-6-12-9-5-7(13(15)16)3-4-8(9)10/h3-6,12H,2H2,1H3. The molecule has 1 aromatic heterocycles. The molecule has 1 aromatic carbocycles. The molecule has 0 spiro atoms. The maximum Gasteiger partial charge on any atom is 0.513 e. The highest BCUT2D eigenvalue weighted by atomic mass is 16.7. The van der Waals surface area contributed by atoms with Crippen LogP contribution in [0.3, 0.4) is 0 Å². The smallest absolute Gasteiger partial charge is 0.434 e. The van der Waals surface area contributed by atoms with Crippen molar-refractivity contribution in [3.63, 3.8) is 0 Å². The molecular formula is C11H10N2O5.